The maximum Gasteiger partial charge on any atom is 0.210 e. The third-order valence-corrected chi connectivity index (χ3v) is 2.10. The van der Waals surface area contributed by atoms with E-state index in [1.807, 2.05) is 50.2 Å². The first-order valence-electron chi connectivity index (χ1n) is 5.23. The number of nitrogens with one attached hydrogen (secondary N) is 2. The van der Waals surface area contributed by atoms with E-state index in [9.17, 15) is 0 Å². The molecular weight excluding hydrogens is 202 g/mol. The normalized spacial score (nSPS) is 11.1. The van der Waals surface area contributed by atoms with Crippen molar-refractivity contribution in [3.63, 3.8) is 0 Å². The summed E-state index contributed by atoms with van der Waals surface area (Å²) >= 11 is 0. The number of benzene rings is 1. The van der Waals surface area contributed by atoms with Crippen molar-refractivity contribution in [3.05, 3.63) is 24.3 Å². The van der Waals surface area contributed by atoms with Crippen LogP contribution in [0.5, 0.6) is 0 Å². The molecule has 16 heavy (non-hydrogen) atoms. The molecular formula is C11H19N5. The van der Waals surface area contributed by atoms with Crippen molar-refractivity contribution in [3.8, 4) is 0 Å². The maximum absolute atomic E-state index is 5.33. The molecule has 0 atom stereocenters. The molecule has 0 unspecified atom stereocenters. The van der Waals surface area contributed by atoms with Crippen molar-refractivity contribution in [1.82, 2.24) is 5.43 Å². The minimum Gasteiger partial charge on any atom is -0.378 e. The number of anilines is 2. The van der Waals surface area contributed by atoms with Gasteiger partial charge in [-0.25, -0.2) is 5.84 Å². The lowest BCUT2D eigenvalue weighted by molar-refractivity contribution is 0.986. The number of nitrogens with zero attached hydrogens (tertiary/aromatic N) is 2. The number of rotatable bonds is 3. The van der Waals surface area contributed by atoms with Gasteiger partial charge in [-0.05, 0) is 31.2 Å². The summed E-state index contributed by atoms with van der Waals surface area (Å²) in [4.78, 5) is 6.20. The molecule has 0 saturated heterocycles. The highest BCUT2D eigenvalue weighted by Gasteiger charge is 1.98. The van der Waals surface area contributed by atoms with Gasteiger partial charge < -0.3 is 10.2 Å². The molecule has 1 aromatic rings. The Morgan fingerprint density at radius 3 is 2.38 bits per heavy atom. The van der Waals surface area contributed by atoms with Crippen LogP contribution in [0.1, 0.15) is 6.92 Å². The van der Waals surface area contributed by atoms with Gasteiger partial charge in [0.05, 0.1) is 0 Å². The second kappa shape index (κ2) is 5.97. The monoisotopic (exact) mass is 221 g/mol. The van der Waals surface area contributed by atoms with E-state index in [1.165, 1.54) is 0 Å². The summed E-state index contributed by atoms with van der Waals surface area (Å²) < 4.78 is 0. The van der Waals surface area contributed by atoms with Gasteiger partial charge in [0, 0.05) is 32.0 Å². The molecule has 4 N–H and O–H groups in total. The summed E-state index contributed by atoms with van der Waals surface area (Å²) in [5, 5.41) is 3.09. The van der Waals surface area contributed by atoms with E-state index in [-0.39, 0.29) is 0 Å². The summed E-state index contributed by atoms with van der Waals surface area (Å²) in [6.07, 6.45) is 0. The fourth-order valence-electron chi connectivity index (χ4n) is 1.26. The van der Waals surface area contributed by atoms with E-state index >= 15 is 0 Å². The Bertz CT molecular complexity index is 342. The molecule has 5 heteroatoms. The van der Waals surface area contributed by atoms with Gasteiger partial charge >= 0.3 is 0 Å². The van der Waals surface area contributed by atoms with Crippen molar-refractivity contribution in [2.75, 3.05) is 30.9 Å². The molecule has 5 nitrogen and oxygen atoms in total. The fourth-order valence-corrected chi connectivity index (χ4v) is 1.26. The molecule has 1 aromatic carbocycles. The Morgan fingerprint density at radius 1 is 1.31 bits per heavy atom. The number of aliphatic imine (C=N–C) groups is 1. The largest absolute Gasteiger partial charge is 0.378 e. The van der Waals surface area contributed by atoms with Crippen LogP contribution in [-0.4, -0.2) is 26.6 Å². The van der Waals surface area contributed by atoms with Gasteiger partial charge in [-0.3, -0.25) is 10.4 Å². The Labute approximate surface area is 96.3 Å². The van der Waals surface area contributed by atoms with Crippen molar-refractivity contribution >= 4 is 17.3 Å². The van der Waals surface area contributed by atoms with Crippen LogP contribution in [0.25, 0.3) is 0 Å². The lowest BCUT2D eigenvalue weighted by Gasteiger charge is -2.13. The fraction of sp³-hybridized carbons (Fsp3) is 0.364. The molecule has 0 aromatic heterocycles. The summed E-state index contributed by atoms with van der Waals surface area (Å²) in [6, 6.07) is 8.03. The van der Waals surface area contributed by atoms with Gasteiger partial charge in [-0.15, -0.1) is 0 Å². The van der Waals surface area contributed by atoms with Crippen LogP contribution in [0.15, 0.2) is 29.3 Å². The zero-order valence-corrected chi connectivity index (χ0v) is 9.99. The van der Waals surface area contributed by atoms with Gasteiger partial charge in [0.1, 0.15) is 0 Å². The van der Waals surface area contributed by atoms with Gasteiger partial charge in [-0.1, -0.05) is 0 Å². The summed E-state index contributed by atoms with van der Waals surface area (Å²) in [6.45, 7) is 2.64. The first-order chi connectivity index (χ1) is 7.67. The Hall–Kier alpha value is -1.75. The van der Waals surface area contributed by atoms with E-state index in [4.69, 9.17) is 5.84 Å². The van der Waals surface area contributed by atoms with E-state index in [0.717, 1.165) is 11.4 Å². The smallest absolute Gasteiger partial charge is 0.210 e. The Kier molecular flexibility index (Phi) is 4.60. The van der Waals surface area contributed by atoms with Crippen molar-refractivity contribution < 1.29 is 0 Å². The van der Waals surface area contributed by atoms with Crippen LogP contribution in [0.4, 0.5) is 11.4 Å². The molecule has 0 spiro atoms. The molecule has 0 bridgehead atoms. The molecule has 0 heterocycles. The number of nitrogens with two attached hydrogens (primary N) is 1. The molecule has 1 rings (SSSR count). The first kappa shape index (κ1) is 12.3. The highest BCUT2D eigenvalue weighted by atomic mass is 15.3. The lowest BCUT2D eigenvalue weighted by Crippen LogP contribution is -2.36. The molecule has 0 aliphatic heterocycles. The van der Waals surface area contributed by atoms with Crippen LogP contribution in [-0.2, 0) is 0 Å². The highest BCUT2D eigenvalue weighted by molar-refractivity contribution is 5.93. The number of hydrogen-bond donors (Lipinski definition) is 3. The standard InChI is InChI=1S/C11H19N5/c1-4-13-11(15-12)14-9-5-7-10(8-6-9)16(2)3/h5-8H,4,12H2,1-3H3,(H2,13,14,15). The van der Waals surface area contributed by atoms with Gasteiger partial charge in [0.15, 0.2) is 0 Å². The molecule has 0 aliphatic rings. The van der Waals surface area contributed by atoms with Crippen molar-refractivity contribution in [1.29, 1.82) is 0 Å². The zero-order chi connectivity index (χ0) is 12.0. The molecule has 88 valence electrons. The van der Waals surface area contributed by atoms with Crippen molar-refractivity contribution in [2.24, 2.45) is 10.8 Å². The van der Waals surface area contributed by atoms with Crippen LogP contribution < -0.4 is 21.5 Å². The minimum absolute atomic E-state index is 0.570. The predicted molar refractivity (Wildman–Crippen MR) is 69.7 cm³/mol. The lowest BCUT2D eigenvalue weighted by atomic mass is 10.2. The minimum atomic E-state index is 0.570. The predicted octanol–water partition coefficient (Wildman–Crippen LogP) is 1.00. The second-order valence-corrected chi connectivity index (χ2v) is 3.53. The van der Waals surface area contributed by atoms with E-state index < -0.39 is 0 Å². The van der Waals surface area contributed by atoms with E-state index in [0.29, 0.717) is 12.5 Å². The van der Waals surface area contributed by atoms with Crippen LogP contribution in [0.2, 0.25) is 0 Å². The average molecular weight is 221 g/mol. The van der Waals surface area contributed by atoms with E-state index in [1.54, 1.807) is 0 Å². The van der Waals surface area contributed by atoms with Gasteiger partial charge in [-0.2, -0.15) is 0 Å². The summed E-state index contributed by atoms with van der Waals surface area (Å²) in [7, 11) is 4.02. The van der Waals surface area contributed by atoms with Crippen LogP contribution >= 0.6 is 0 Å². The number of hydrogen-bond acceptors (Lipinski definition) is 3. The van der Waals surface area contributed by atoms with Gasteiger partial charge in [0.25, 0.3) is 0 Å². The molecule has 0 fully saturated rings. The van der Waals surface area contributed by atoms with Crippen LogP contribution in [0.3, 0.4) is 0 Å². The molecule has 0 aliphatic carbocycles. The maximum atomic E-state index is 5.33. The second-order valence-electron chi connectivity index (χ2n) is 3.53. The van der Waals surface area contributed by atoms with Crippen LogP contribution in [0, 0.1) is 0 Å². The number of guanidine groups is 1. The Balaban J connectivity index is 2.71. The highest BCUT2D eigenvalue weighted by Crippen LogP contribution is 2.15. The first-order valence-corrected chi connectivity index (χ1v) is 5.23. The number of hydrazine groups is 1. The Morgan fingerprint density at radius 2 is 1.94 bits per heavy atom. The molecule has 0 radical (unpaired) electrons. The summed E-state index contributed by atoms with van der Waals surface area (Å²) in [5.41, 5.74) is 4.62. The average Bonchev–Trinajstić information content (AvgIpc) is 2.29. The quantitative estimate of drug-likeness (QED) is 0.308. The third kappa shape index (κ3) is 3.43. The SMILES string of the molecule is CCN=C(NN)Nc1ccc(N(C)C)cc1. The van der Waals surface area contributed by atoms with Crippen molar-refractivity contribution in [2.45, 2.75) is 6.92 Å². The topological polar surface area (TPSA) is 65.7 Å². The molecule has 0 saturated carbocycles. The zero-order valence-electron chi connectivity index (χ0n) is 9.99. The third-order valence-electron chi connectivity index (χ3n) is 2.10. The van der Waals surface area contributed by atoms with Gasteiger partial charge in [0.2, 0.25) is 5.96 Å². The van der Waals surface area contributed by atoms with E-state index in [2.05, 4.69) is 15.7 Å². The summed E-state index contributed by atoms with van der Waals surface area (Å²) in [5.74, 6) is 5.90. The molecule has 0 amide bonds.